The molecule has 1 aromatic carbocycles. The van der Waals surface area contributed by atoms with Crippen LogP contribution in [0.3, 0.4) is 0 Å². The highest BCUT2D eigenvalue weighted by atomic mass is 16.5. The smallest absolute Gasteiger partial charge is 0.289 e. The molecule has 0 aliphatic rings. The summed E-state index contributed by atoms with van der Waals surface area (Å²) in [6.45, 7) is 2.69. The van der Waals surface area contributed by atoms with Crippen molar-refractivity contribution in [1.82, 2.24) is 4.57 Å². The van der Waals surface area contributed by atoms with Crippen LogP contribution in [0.15, 0.2) is 54.9 Å². The molecule has 3 aromatic rings. The van der Waals surface area contributed by atoms with Crippen molar-refractivity contribution in [2.24, 2.45) is 7.05 Å². The summed E-state index contributed by atoms with van der Waals surface area (Å²) in [7, 11) is 2.06. The van der Waals surface area contributed by atoms with Gasteiger partial charge >= 0.3 is 0 Å². The van der Waals surface area contributed by atoms with Crippen molar-refractivity contribution in [1.29, 1.82) is 0 Å². The summed E-state index contributed by atoms with van der Waals surface area (Å²) in [5.41, 5.74) is 3.53. The minimum absolute atomic E-state index is 0.598. The average molecular weight is 253 g/mol. The number of rotatable bonds is 3. The first-order valence-electron chi connectivity index (χ1n) is 6.38. The number of hydrogen-bond donors (Lipinski definition) is 0. The van der Waals surface area contributed by atoms with Gasteiger partial charge in [0.05, 0.1) is 19.3 Å². The van der Waals surface area contributed by atoms with Crippen LogP contribution < -0.4 is 9.14 Å². The lowest BCUT2D eigenvalue weighted by Gasteiger charge is -2.05. The molecule has 0 atom stereocenters. The molecule has 96 valence electrons. The third-order valence-corrected chi connectivity index (χ3v) is 3.38. The van der Waals surface area contributed by atoms with E-state index in [-0.39, 0.29) is 0 Å². The molecule has 0 saturated heterocycles. The van der Waals surface area contributed by atoms with Crippen LogP contribution in [0.1, 0.15) is 11.3 Å². The third kappa shape index (κ3) is 2.32. The zero-order valence-corrected chi connectivity index (χ0v) is 11.2. The normalized spacial score (nSPS) is 10.8. The van der Waals surface area contributed by atoms with Crippen LogP contribution in [0.5, 0.6) is 5.75 Å². The monoisotopic (exact) mass is 253 g/mol. The molecular formula is C16H17N2O+. The van der Waals surface area contributed by atoms with Crippen LogP contribution in [0, 0.1) is 6.92 Å². The predicted molar refractivity (Wildman–Crippen MR) is 74.1 cm³/mol. The van der Waals surface area contributed by atoms with Crippen LogP contribution in [0.4, 0.5) is 0 Å². The van der Waals surface area contributed by atoms with E-state index in [1.165, 1.54) is 11.3 Å². The lowest BCUT2D eigenvalue weighted by molar-refractivity contribution is -0.510. The number of benzene rings is 1. The highest BCUT2D eigenvalue weighted by molar-refractivity contribution is 5.39. The second-order valence-corrected chi connectivity index (χ2v) is 4.73. The summed E-state index contributed by atoms with van der Waals surface area (Å²) in [6, 6.07) is 14.3. The lowest BCUT2D eigenvalue weighted by atomic mass is 10.2. The number of aryl methyl sites for hydroxylation is 2. The van der Waals surface area contributed by atoms with Crippen LogP contribution in [0.2, 0.25) is 0 Å². The Morgan fingerprint density at radius 2 is 1.95 bits per heavy atom. The van der Waals surface area contributed by atoms with Gasteiger partial charge in [0, 0.05) is 13.0 Å². The predicted octanol–water partition coefficient (Wildman–Crippen LogP) is 2.65. The zero-order valence-electron chi connectivity index (χ0n) is 11.2. The summed E-state index contributed by atoms with van der Waals surface area (Å²) < 4.78 is 10.1. The third-order valence-electron chi connectivity index (χ3n) is 3.38. The van der Waals surface area contributed by atoms with E-state index in [0.29, 0.717) is 6.61 Å². The first kappa shape index (κ1) is 11.8. The molecule has 0 fully saturated rings. The Bertz CT molecular complexity index is 701. The molecule has 0 spiro atoms. The molecule has 0 N–H and O–H groups in total. The summed E-state index contributed by atoms with van der Waals surface area (Å²) in [5.74, 6) is 0.894. The van der Waals surface area contributed by atoms with E-state index in [1.54, 1.807) is 0 Å². The second kappa shape index (κ2) is 4.76. The van der Waals surface area contributed by atoms with Crippen molar-refractivity contribution in [3.8, 4) is 5.75 Å². The Morgan fingerprint density at radius 3 is 2.74 bits per heavy atom. The Morgan fingerprint density at radius 1 is 1.16 bits per heavy atom. The number of fused-ring (bicyclic) bond motifs is 1. The van der Waals surface area contributed by atoms with Gasteiger partial charge in [-0.2, -0.15) is 0 Å². The molecule has 2 aromatic heterocycles. The van der Waals surface area contributed by atoms with Gasteiger partial charge in [0.15, 0.2) is 0 Å². The van der Waals surface area contributed by atoms with Crippen LogP contribution >= 0.6 is 0 Å². The molecule has 3 nitrogen and oxygen atoms in total. The molecule has 3 heteroatoms. The lowest BCUT2D eigenvalue weighted by Crippen LogP contribution is -2.18. The van der Waals surface area contributed by atoms with Gasteiger partial charge in [-0.15, -0.1) is 0 Å². The Balaban J connectivity index is 1.83. The molecular weight excluding hydrogens is 236 g/mol. The molecule has 0 unspecified atom stereocenters. The Labute approximate surface area is 112 Å². The van der Waals surface area contributed by atoms with E-state index in [4.69, 9.17) is 4.74 Å². The number of pyridine rings is 1. The molecule has 0 aliphatic heterocycles. The second-order valence-electron chi connectivity index (χ2n) is 4.73. The maximum absolute atomic E-state index is 5.84. The van der Waals surface area contributed by atoms with Gasteiger partial charge in [-0.25, -0.2) is 8.97 Å². The average Bonchev–Trinajstić information content (AvgIpc) is 2.73. The molecule has 2 heterocycles. The van der Waals surface area contributed by atoms with Crippen molar-refractivity contribution in [3.63, 3.8) is 0 Å². The number of aromatic nitrogens is 2. The molecule has 0 radical (unpaired) electrons. The first-order valence-corrected chi connectivity index (χ1v) is 6.38. The van der Waals surface area contributed by atoms with Crippen molar-refractivity contribution in [2.75, 3.05) is 0 Å². The highest BCUT2D eigenvalue weighted by Crippen LogP contribution is 2.14. The SMILES string of the molecule is Cc1c[n+]2ccc(OCc3ccccc3)cc2n1C. The summed E-state index contributed by atoms with van der Waals surface area (Å²) in [4.78, 5) is 0. The van der Waals surface area contributed by atoms with Crippen molar-refractivity contribution < 1.29 is 9.14 Å². The fourth-order valence-corrected chi connectivity index (χ4v) is 2.16. The summed E-state index contributed by atoms with van der Waals surface area (Å²) in [5, 5.41) is 0. The maximum Gasteiger partial charge on any atom is 0.289 e. The van der Waals surface area contributed by atoms with E-state index in [2.05, 4.69) is 47.3 Å². The number of hydrogen-bond acceptors (Lipinski definition) is 1. The van der Waals surface area contributed by atoms with Crippen LogP contribution in [-0.2, 0) is 13.7 Å². The zero-order chi connectivity index (χ0) is 13.2. The van der Waals surface area contributed by atoms with Crippen LogP contribution in [-0.4, -0.2) is 4.57 Å². The number of ether oxygens (including phenoxy) is 1. The molecule has 0 aliphatic carbocycles. The van der Waals surface area contributed by atoms with Crippen LogP contribution in [0.25, 0.3) is 5.65 Å². The van der Waals surface area contributed by atoms with Gasteiger partial charge < -0.3 is 4.74 Å². The molecule has 0 bridgehead atoms. The minimum atomic E-state index is 0.598. The topological polar surface area (TPSA) is 18.3 Å². The van der Waals surface area contributed by atoms with Gasteiger partial charge in [0.2, 0.25) is 0 Å². The van der Waals surface area contributed by atoms with Crippen molar-refractivity contribution in [3.05, 3.63) is 66.1 Å². The molecule has 0 saturated carbocycles. The largest absolute Gasteiger partial charge is 0.488 e. The van der Waals surface area contributed by atoms with Gasteiger partial charge in [0.25, 0.3) is 5.65 Å². The highest BCUT2D eigenvalue weighted by Gasteiger charge is 2.11. The molecule has 3 rings (SSSR count). The molecule has 0 amide bonds. The quantitative estimate of drug-likeness (QED) is 0.656. The Kier molecular flexibility index (Phi) is 2.95. The Hall–Kier alpha value is -2.29. The summed E-state index contributed by atoms with van der Waals surface area (Å²) >= 11 is 0. The van der Waals surface area contributed by atoms with Gasteiger partial charge in [-0.05, 0) is 5.56 Å². The van der Waals surface area contributed by atoms with Gasteiger partial charge in [0.1, 0.15) is 24.2 Å². The molecule has 19 heavy (non-hydrogen) atoms. The maximum atomic E-state index is 5.84. The fourth-order valence-electron chi connectivity index (χ4n) is 2.16. The van der Waals surface area contributed by atoms with E-state index < -0.39 is 0 Å². The van der Waals surface area contributed by atoms with Gasteiger partial charge in [-0.3, -0.25) is 0 Å². The fraction of sp³-hybridized carbons (Fsp3) is 0.188. The summed E-state index contributed by atoms with van der Waals surface area (Å²) in [6.07, 6.45) is 4.14. The van der Waals surface area contributed by atoms with E-state index in [9.17, 15) is 0 Å². The number of nitrogens with zero attached hydrogens (tertiary/aromatic N) is 2. The van der Waals surface area contributed by atoms with E-state index in [1.807, 2.05) is 30.5 Å². The van der Waals surface area contributed by atoms with E-state index >= 15 is 0 Å². The van der Waals surface area contributed by atoms with Gasteiger partial charge in [-0.1, -0.05) is 30.3 Å². The van der Waals surface area contributed by atoms with Crippen molar-refractivity contribution in [2.45, 2.75) is 13.5 Å². The number of imidazole rings is 1. The standard InChI is InChI=1S/C16H17N2O/c1-13-11-18-9-8-15(10-16(18)17(13)2)19-12-14-6-4-3-5-7-14/h3-11H,12H2,1-2H3/q+1. The minimum Gasteiger partial charge on any atom is -0.488 e. The van der Waals surface area contributed by atoms with Crippen molar-refractivity contribution >= 4 is 5.65 Å². The van der Waals surface area contributed by atoms with E-state index in [0.717, 1.165) is 11.4 Å². The first-order chi connectivity index (χ1) is 9.24.